The molecule has 0 spiro atoms. The van der Waals surface area contributed by atoms with Gasteiger partial charge in [0.2, 0.25) is 5.91 Å². The zero-order valence-electron chi connectivity index (χ0n) is 11.9. The summed E-state index contributed by atoms with van der Waals surface area (Å²) >= 11 is 1.20. The number of H-pyrrole nitrogens is 1. The number of hydrogen-bond donors (Lipinski definition) is 3. The third-order valence-electron chi connectivity index (χ3n) is 2.88. The second kappa shape index (κ2) is 5.57. The summed E-state index contributed by atoms with van der Waals surface area (Å²) in [5.74, 6) is 0.266. The quantitative estimate of drug-likeness (QED) is 0.691. The van der Waals surface area contributed by atoms with Crippen LogP contribution in [0.5, 0.6) is 0 Å². The second-order valence-electron chi connectivity index (χ2n) is 4.73. The molecule has 3 N–H and O–H groups in total. The molecule has 0 aliphatic heterocycles. The van der Waals surface area contributed by atoms with Gasteiger partial charge in [0.25, 0.3) is 5.91 Å². The van der Waals surface area contributed by atoms with Gasteiger partial charge in [0.1, 0.15) is 11.5 Å². The molecule has 22 heavy (non-hydrogen) atoms. The van der Waals surface area contributed by atoms with Crippen LogP contribution in [-0.4, -0.2) is 26.8 Å². The molecular formula is C14H13N5O2S. The number of carbonyl (C=O) groups is 2. The lowest BCUT2D eigenvalue weighted by Gasteiger charge is -2.02. The van der Waals surface area contributed by atoms with E-state index >= 15 is 0 Å². The molecule has 0 fully saturated rings. The van der Waals surface area contributed by atoms with Crippen molar-refractivity contribution in [2.24, 2.45) is 0 Å². The van der Waals surface area contributed by atoms with Gasteiger partial charge in [-0.25, -0.2) is 9.97 Å². The van der Waals surface area contributed by atoms with Crippen molar-refractivity contribution in [3.8, 4) is 0 Å². The zero-order valence-corrected chi connectivity index (χ0v) is 12.7. The summed E-state index contributed by atoms with van der Waals surface area (Å²) in [6, 6.07) is 5.42. The normalized spacial score (nSPS) is 10.6. The molecule has 0 bridgehead atoms. The molecule has 0 unspecified atom stereocenters. The van der Waals surface area contributed by atoms with Crippen molar-refractivity contribution in [2.75, 3.05) is 10.6 Å². The monoisotopic (exact) mass is 315 g/mol. The highest BCUT2D eigenvalue weighted by molar-refractivity contribution is 7.14. The Kier molecular flexibility index (Phi) is 3.60. The fourth-order valence-electron chi connectivity index (χ4n) is 2.00. The predicted molar refractivity (Wildman–Crippen MR) is 85.2 cm³/mol. The van der Waals surface area contributed by atoms with Crippen LogP contribution in [0.2, 0.25) is 0 Å². The topological polar surface area (TPSA) is 99.8 Å². The van der Waals surface area contributed by atoms with Crippen molar-refractivity contribution in [3.05, 3.63) is 35.1 Å². The van der Waals surface area contributed by atoms with Gasteiger partial charge in [-0.05, 0) is 25.1 Å². The number of aromatic amines is 1. The van der Waals surface area contributed by atoms with E-state index in [0.717, 1.165) is 16.9 Å². The number of nitrogens with zero attached hydrogens (tertiary/aromatic N) is 2. The maximum absolute atomic E-state index is 12.1. The van der Waals surface area contributed by atoms with Crippen molar-refractivity contribution in [3.63, 3.8) is 0 Å². The van der Waals surface area contributed by atoms with Crippen LogP contribution in [0.1, 0.15) is 23.2 Å². The summed E-state index contributed by atoms with van der Waals surface area (Å²) in [7, 11) is 0. The largest absolute Gasteiger partial charge is 0.342 e. The van der Waals surface area contributed by atoms with E-state index in [4.69, 9.17) is 0 Å². The van der Waals surface area contributed by atoms with Crippen LogP contribution in [0.15, 0.2) is 23.6 Å². The first-order valence-electron chi connectivity index (χ1n) is 6.52. The van der Waals surface area contributed by atoms with Crippen LogP contribution < -0.4 is 10.6 Å². The van der Waals surface area contributed by atoms with E-state index in [-0.39, 0.29) is 17.5 Å². The highest BCUT2D eigenvalue weighted by atomic mass is 32.1. The van der Waals surface area contributed by atoms with E-state index in [1.165, 1.54) is 18.3 Å². The minimum absolute atomic E-state index is 0.221. The minimum Gasteiger partial charge on any atom is -0.342 e. The lowest BCUT2D eigenvalue weighted by molar-refractivity contribution is -0.114. The van der Waals surface area contributed by atoms with Crippen LogP contribution in [0.3, 0.4) is 0 Å². The molecule has 2 amide bonds. The molecular weight excluding hydrogens is 302 g/mol. The Balaban J connectivity index is 1.77. The zero-order chi connectivity index (χ0) is 15.7. The number of carbonyl (C=O) groups excluding carboxylic acids is 2. The van der Waals surface area contributed by atoms with Crippen molar-refractivity contribution in [2.45, 2.75) is 13.8 Å². The summed E-state index contributed by atoms with van der Waals surface area (Å²) < 4.78 is 0. The molecule has 0 radical (unpaired) electrons. The van der Waals surface area contributed by atoms with Gasteiger partial charge in [0, 0.05) is 18.0 Å². The average molecular weight is 315 g/mol. The van der Waals surface area contributed by atoms with Crippen molar-refractivity contribution < 1.29 is 9.59 Å². The van der Waals surface area contributed by atoms with Gasteiger partial charge in [0.05, 0.1) is 11.0 Å². The second-order valence-corrected chi connectivity index (χ2v) is 5.59. The Hall–Kier alpha value is -2.74. The molecule has 3 rings (SSSR count). The summed E-state index contributed by atoms with van der Waals surface area (Å²) in [6.07, 6.45) is 0. The third kappa shape index (κ3) is 2.96. The third-order valence-corrected chi connectivity index (χ3v) is 3.64. The SMILES string of the molecule is CC(=O)Nc1nc(C(=O)Nc2ccc3nc(C)[nH]c3c2)cs1. The summed E-state index contributed by atoms with van der Waals surface area (Å²) in [6.45, 7) is 3.26. The Bertz CT molecular complexity index is 867. The number of benzene rings is 1. The molecule has 8 heteroatoms. The van der Waals surface area contributed by atoms with E-state index in [1.807, 2.05) is 19.1 Å². The Morgan fingerprint density at radius 3 is 2.82 bits per heavy atom. The van der Waals surface area contributed by atoms with Crippen molar-refractivity contribution in [1.29, 1.82) is 0 Å². The van der Waals surface area contributed by atoms with Crippen LogP contribution in [0.25, 0.3) is 11.0 Å². The first-order valence-corrected chi connectivity index (χ1v) is 7.40. The lowest BCUT2D eigenvalue weighted by Crippen LogP contribution is -2.13. The number of aromatic nitrogens is 3. The first-order chi connectivity index (χ1) is 10.5. The summed E-state index contributed by atoms with van der Waals surface area (Å²) in [4.78, 5) is 34.6. The molecule has 3 aromatic rings. The van der Waals surface area contributed by atoms with Gasteiger partial charge in [-0.1, -0.05) is 0 Å². The lowest BCUT2D eigenvalue weighted by atomic mass is 10.2. The smallest absolute Gasteiger partial charge is 0.275 e. The van der Waals surface area contributed by atoms with Gasteiger partial charge in [-0.2, -0.15) is 0 Å². The Labute approximate surface area is 129 Å². The molecule has 2 heterocycles. The number of aryl methyl sites for hydroxylation is 1. The molecule has 7 nitrogen and oxygen atoms in total. The van der Waals surface area contributed by atoms with Crippen LogP contribution in [0.4, 0.5) is 10.8 Å². The molecule has 0 aliphatic rings. The number of rotatable bonds is 3. The molecule has 0 saturated heterocycles. The number of thiazole rings is 1. The fourth-order valence-corrected chi connectivity index (χ4v) is 2.73. The highest BCUT2D eigenvalue weighted by Crippen LogP contribution is 2.19. The van der Waals surface area contributed by atoms with Gasteiger partial charge in [-0.3, -0.25) is 9.59 Å². The van der Waals surface area contributed by atoms with E-state index in [9.17, 15) is 9.59 Å². The van der Waals surface area contributed by atoms with Gasteiger partial charge in [-0.15, -0.1) is 11.3 Å². The summed E-state index contributed by atoms with van der Waals surface area (Å²) in [5, 5.41) is 7.31. The molecule has 112 valence electrons. The molecule has 0 saturated carbocycles. The average Bonchev–Trinajstić information content (AvgIpc) is 3.03. The highest BCUT2D eigenvalue weighted by Gasteiger charge is 2.12. The van der Waals surface area contributed by atoms with Crippen LogP contribution >= 0.6 is 11.3 Å². The number of hydrogen-bond acceptors (Lipinski definition) is 5. The first kappa shape index (κ1) is 14.2. The van der Waals surface area contributed by atoms with E-state index in [0.29, 0.717) is 10.8 Å². The Morgan fingerprint density at radius 1 is 1.23 bits per heavy atom. The molecule has 0 atom stereocenters. The minimum atomic E-state index is -0.330. The van der Waals surface area contributed by atoms with Gasteiger partial charge < -0.3 is 15.6 Å². The van der Waals surface area contributed by atoms with Gasteiger partial charge in [0.15, 0.2) is 5.13 Å². The predicted octanol–water partition coefficient (Wildman–Crippen LogP) is 2.54. The number of nitrogens with one attached hydrogen (secondary N) is 3. The Morgan fingerprint density at radius 2 is 2.05 bits per heavy atom. The summed E-state index contributed by atoms with van der Waals surface area (Å²) in [5.41, 5.74) is 2.61. The number of imidazole rings is 1. The van der Waals surface area contributed by atoms with Gasteiger partial charge >= 0.3 is 0 Å². The van der Waals surface area contributed by atoms with Crippen molar-refractivity contribution in [1.82, 2.24) is 15.0 Å². The fraction of sp³-hybridized carbons (Fsp3) is 0.143. The standard InChI is InChI=1S/C14H13N5O2S/c1-7-15-10-4-3-9(5-11(10)16-7)18-13(21)12-6-22-14(19-12)17-8(2)20/h3-6H,1-2H3,(H,15,16)(H,18,21)(H,17,19,20). The maximum atomic E-state index is 12.1. The number of fused-ring (bicyclic) bond motifs is 1. The maximum Gasteiger partial charge on any atom is 0.275 e. The van der Waals surface area contributed by atoms with Crippen LogP contribution in [0, 0.1) is 6.92 Å². The van der Waals surface area contributed by atoms with Crippen LogP contribution in [-0.2, 0) is 4.79 Å². The molecule has 1 aromatic carbocycles. The van der Waals surface area contributed by atoms with Crippen molar-refractivity contribution >= 4 is 45.0 Å². The van der Waals surface area contributed by atoms with E-state index in [1.54, 1.807) is 11.4 Å². The number of amides is 2. The van der Waals surface area contributed by atoms with E-state index in [2.05, 4.69) is 25.6 Å². The molecule has 0 aliphatic carbocycles. The van der Waals surface area contributed by atoms with E-state index < -0.39 is 0 Å². The number of anilines is 2. The molecule has 2 aromatic heterocycles.